The standard InChI is InChI=1S/C13H29N3/c1-11-7-8-16(13(2,3)4)12(9-14-5)10-15(11)6/h11-12,14H,7-10H2,1-6H3. The van der Waals surface area contributed by atoms with Crippen molar-refractivity contribution in [2.75, 3.05) is 33.7 Å². The highest BCUT2D eigenvalue weighted by atomic mass is 15.3. The first-order valence-electron chi connectivity index (χ1n) is 6.48. The molecule has 1 fully saturated rings. The van der Waals surface area contributed by atoms with Crippen LogP contribution in [0.5, 0.6) is 0 Å². The van der Waals surface area contributed by atoms with E-state index in [4.69, 9.17) is 0 Å². The topological polar surface area (TPSA) is 18.5 Å². The molecular weight excluding hydrogens is 198 g/mol. The van der Waals surface area contributed by atoms with Crippen LogP contribution in [0.25, 0.3) is 0 Å². The van der Waals surface area contributed by atoms with Crippen molar-refractivity contribution in [2.45, 2.75) is 51.7 Å². The van der Waals surface area contributed by atoms with Crippen molar-refractivity contribution in [3.05, 3.63) is 0 Å². The first-order valence-corrected chi connectivity index (χ1v) is 6.48. The van der Waals surface area contributed by atoms with Crippen LogP contribution in [-0.2, 0) is 0 Å². The molecule has 2 atom stereocenters. The van der Waals surface area contributed by atoms with E-state index in [0.29, 0.717) is 12.1 Å². The van der Waals surface area contributed by atoms with Gasteiger partial charge in [-0.25, -0.2) is 0 Å². The predicted molar refractivity (Wildman–Crippen MR) is 70.9 cm³/mol. The third-order valence-electron chi connectivity index (χ3n) is 3.78. The molecule has 3 heteroatoms. The van der Waals surface area contributed by atoms with E-state index in [9.17, 15) is 0 Å². The molecule has 0 saturated carbocycles. The van der Waals surface area contributed by atoms with Crippen molar-refractivity contribution in [2.24, 2.45) is 0 Å². The van der Waals surface area contributed by atoms with Crippen LogP contribution in [0, 0.1) is 0 Å². The Morgan fingerprint density at radius 1 is 1.31 bits per heavy atom. The smallest absolute Gasteiger partial charge is 0.0352 e. The molecule has 0 amide bonds. The first kappa shape index (κ1) is 13.9. The third-order valence-corrected chi connectivity index (χ3v) is 3.78. The lowest BCUT2D eigenvalue weighted by atomic mass is 10.0. The lowest BCUT2D eigenvalue weighted by Crippen LogP contribution is -2.53. The van der Waals surface area contributed by atoms with Gasteiger partial charge < -0.3 is 10.2 Å². The molecule has 0 aliphatic carbocycles. The zero-order valence-electron chi connectivity index (χ0n) is 11.9. The van der Waals surface area contributed by atoms with E-state index in [1.165, 1.54) is 19.5 Å². The van der Waals surface area contributed by atoms with Gasteiger partial charge in [-0.05, 0) is 48.2 Å². The summed E-state index contributed by atoms with van der Waals surface area (Å²) < 4.78 is 0. The highest BCUT2D eigenvalue weighted by Crippen LogP contribution is 2.22. The van der Waals surface area contributed by atoms with E-state index in [-0.39, 0.29) is 5.54 Å². The molecule has 96 valence electrons. The Labute approximate surface area is 101 Å². The molecule has 1 rings (SSSR count). The normalized spacial score (nSPS) is 30.4. The van der Waals surface area contributed by atoms with E-state index >= 15 is 0 Å². The minimum Gasteiger partial charge on any atom is -0.318 e. The summed E-state index contributed by atoms with van der Waals surface area (Å²) in [7, 11) is 4.30. The summed E-state index contributed by atoms with van der Waals surface area (Å²) >= 11 is 0. The van der Waals surface area contributed by atoms with Crippen molar-refractivity contribution in [1.82, 2.24) is 15.1 Å². The van der Waals surface area contributed by atoms with Crippen molar-refractivity contribution < 1.29 is 0 Å². The molecule has 0 radical (unpaired) electrons. The Bertz CT molecular complexity index is 210. The maximum Gasteiger partial charge on any atom is 0.0352 e. The number of rotatable bonds is 2. The van der Waals surface area contributed by atoms with Gasteiger partial charge in [-0.3, -0.25) is 4.90 Å². The molecule has 16 heavy (non-hydrogen) atoms. The molecule has 1 aliphatic heterocycles. The van der Waals surface area contributed by atoms with Gasteiger partial charge in [-0.15, -0.1) is 0 Å². The zero-order valence-corrected chi connectivity index (χ0v) is 11.9. The number of hydrogen-bond donors (Lipinski definition) is 1. The van der Waals surface area contributed by atoms with E-state index in [1.807, 2.05) is 0 Å². The Kier molecular flexibility index (Phi) is 4.77. The molecule has 0 aromatic rings. The van der Waals surface area contributed by atoms with Gasteiger partial charge >= 0.3 is 0 Å². The summed E-state index contributed by atoms with van der Waals surface area (Å²) in [6, 6.07) is 1.33. The molecule has 1 aliphatic rings. The Hall–Kier alpha value is -0.120. The molecule has 0 aromatic heterocycles. The van der Waals surface area contributed by atoms with Crippen LogP contribution in [-0.4, -0.2) is 61.2 Å². The van der Waals surface area contributed by atoms with Crippen molar-refractivity contribution in [3.63, 3.8) is 0 Å². The summed E-state index contributed by atoms with van der Waals surface area (Å²) in [4.78, 5) is 5.15. The Morgan fingerprint density at radius 2 is 1.94 bits per heavy atom. The fraction of sp³-hybridized carbons (Fsp3) is 1.00. The molecule has 3 nitrogen and oxygen atoms in total. The summed E-state index contributed by atoms with van der Waals surface area (Å²) in [5.74, 6) is 0. The fourth-order valence-corrected chi connectivity index (χ4v) is 2.63. The molecule has 2 unspecified atom stereocenters. The number of nitrogens with one attached hydrogen (secondary N) is 1. The minimum atomic E-state index is 0.270. The Balaban J connectivity index is 2.78. The number of likely N-dealkylation sites (N-methyl/N-ethyl adjacent to an activating group) is 2. The summed E-state index contributed by atoms with van der Waals surface area (Å²) in [6.45, 7) is 12.8. The highest BCUT2D eigenvalue weighted by Gasteiger charge is 2.32. The monoisotopic (exact) mass is 227 g/mol. The molecular formula is C13H29N3. The van der Waals surface area contributed by atoms with Crippen molar-refractivity contribution in [3.8, 4) is 0 Å². The van der Waals surface area contributed by atoms with E-state index in [1.54, 1.807) is 0 Å². The van der Waals surface area contributed by atoms with Crippen LogP contribution in [0.1, 0.15) is 34.1 Å². The molecule has 1 heterocycles. The van der Waals surface area contributed by atoms with Gasteiger partial charge in [0, 0.05) is 37.3 Å². The van der Waals surface area contributed by atoms with Gasteiger partial charge in [0.25, 0.3) is 0 Å². The van der Waals surface area contributed by atoms with Gasteiger partial charge in [0.05, 0.1) is 0 Å². The van der Waals surface area contributed by atoms with E-state index < -0.39 is 0 Å². The lowest BCUT2D eigenvalue weighted by Gasteiger charge is -2.41. The summed E-state index contributed by atoms with van der Waals surface area (Å²) in [5.41, 5.74) is 0.270. The number of nitrogens with zero attached hydrogens (tertiary/aromatic N) is 2. The predicted octanol–water partition coefficient (Wildman–Crippen LogP) is 1.40. The second-order valence-corrected chi connectivity index (χ2v) is 6.15. The van der Waals surface area contributed by atoms with Crippen LogP contribution >= 0.6 is 0 Å². The molecule has 1 saturated heterocycles. The average Bonchev–Trinajstić information content (AvgIpc) is 2.27. The molecule has 0 spiro atoms. The summed E-state index contributed by atoms with van der Waals surface area (Å²) in [5, 5.41) is 3.33. The average molecular weight is 227 g/mol. The second kappa shape index (κ2) is 5.48. The lowest BCUT2D eigenvalue weighted by molar-refractivity contribution is 0.0829. The van der Waals surface area contributed by atoms with Crippen molar-refractivity contribution in [1.29, 1.82) is 0 Å². The van der Waals surface area contributed by atoms with Crippen molar-refractivity contribution >= 4 is 0 Å². The van der Waals surface area contributed by atoms with Gasteiger partial charge in [0.1, 0.15) is 0 Å². The minimum absolute atomic E-state index is 0.270. The summed E-state index contributed by atoms with van der Waals surface area (Å²) in [6.07, 6.45) is 1.27. The van der Waals surface area contributed by atoms with Gasteiger partial charge in [-0.2, -0.15) is 0 Å². The van der Waals surface area contributed by atoms with Gasteiger partial charge in [0.15, 0.2) is 0 Å². The van der Waals surface area contributed by atoms with Crippen LogP contribution in [0.4, 0.5) is 0 Å². The van der Waals surface area contributed by atoms with Gasteiger partial charge in [0.2, 0.25) is 0 Å². The Morgan fingerprint density at radius 3 is 2.44 bits per heavy atom. The molecule has 1 N–H and O–H groups in total. The maximum atomic E-state index is 3.33. The quantitative estimate of drug-likeness (QED) is 0.769. The van der Waals surface area contributed by atoms with E-state index in [2.05, 4.69) is 56.9 Å². The van der Waals surface area contributed by atoms with Crippen LogP contribution in [0.15, 0.2) is 0 Å². The van der Waals surface area contributed by atoms with Crippen LogP contribution in [0.2, 0.25) is 0 Å². The maximum absolute atomic E-state index is 3.33. The molecule has 0 aromatic carbocycles. The van der Waals surface area contributed by atoms with E-state index in [0.717, 1.165) is 6.54 Å². The number of hydrogen-bond acceptors (Lipinski definition) is 3. The SMILES string of the molecule is CNCC1CN(C)C(C)CCN1C(C)(C)C. The second-order valence-electron chi connectivity index (χ2n) is 6.15. The van der Waals surface area contributed by atoms with Crippen LogP contribution in [0.3, 0.4) is 0 Å². The van der Waals surface area contributed by atoms with Gasteiger partial charge in [-0.1, -0.05) is 0 Å². The van der Waals surface area contributed by atoms with Crippen LogP contribution < -0.4 is 5.32 Å². The largest absolute Gasteiger partial charge is 0.318 e. The highest BCUT2D eigenvalue weighted by molar-refractivity contribution is 4.89. The molecule has 0 bridgehead atoms. The zero-order chi connectivity index (χ0) is 12.3. The third kappa shape index (κ3) is 3.44. The fourth-order valence-electron chi connectivity index (χ4n) is 2.63. The first-order chi connectivity index (χ1) is 7.36.